The Morgan fingerprint density at radius 1 is 1.00 bits per heavy atom. The normalized spacial score (nSPS) is 10.4. The molecule has 0 unspecified atom stereocenters. The summed E-state index contributed by atoms with van der Waals surface area (Å²) < 4.78 is 5.60. The molecule has 0 fully saturated rings. The van der Waals surface area contributed by atoms with Gasteiger partial charge < -0.3 is 4.57 Å². The van der Waals surface area contributed by atoms with Gasteiger partial charge in [-0.15, -0.1) is 0 Å². The Morgan fingerprint density at radius 2 is 1.58 bits per heavy atom. The van der Waals surface area contributed by atoms with Gasteiger partial charge in [0.25, 0.3) is 0 Å². The summed E-state index contributed by atoms with van der Waals surface area (Å²) in [5, 5.41) is 3.30. The fourth-order valence-electron chi connectivity index (χ4n) is 2.34. The summed E-state index contributed by atoms with van der Waals surface area (Å²) in [6.07, 6.45) is 0. The van der Waals surface area contributed by atoms with E-state index in [1.165, 1.54) is 5.56 Å². The maximum atomic E-state index is 5.44. The predicted octanol–water partition coefficient (Wildman–Crippen LogP) is 4.38. The Labute approximate surface area is 124 Å². The molecule has 2 aromatic rings. The molecule has 2 heterocycles. The fourth-order valence-corrected chi connectivity index (χ4v) is 2.64. The number of nitrogens with zero attached hydrogens (tertiary/aromatic N) is 2. The Hall–Kier alpha value is -1.20. The van der Waals surface area contributed by atoms with Crippen molar-refractivity contribution in [2.75, 3.05) is 0 Å². The highest BCUT2D eigenvalue weighted by Gasteiger charge is 2.13. The number of rotatable bonds is 1. The first-order valence-corrected chi connectivity index (χ1v) is 6.59. The van der Waals surface area contributed by atoms with Crippen molar-refractivity contribution in [1.82, 2.24) is 14.3 Å². The van der Waals surface area contributed by atoms with Crippen molar-refractivity contribution in [2.45, 2.75) is 28.2 Å². The van der Waals surface area contributed by atoms with E-state index in [0.717, 1.165) is 31.8 Å². The molecule has 0 radical (unpaired) electrons. The van der Waals surface area contributed by atoms with Crippen molar-refractivity contribution < 1.29 is 0 Å². The lowest BCUT2D eigenvalue weighted by Crippen LogP contribution is -2.04. The number of H-pyrrole nitrogens is 1. The van der Waals surface area contributed by atoms with E-state index in [-0.39, 0.29) is 7.43 Å². The standard InChI is InChI=1S/C13H17N3S2.CH4/c1-7-6-8(2)12(17)15(4)11(7)10-9(3)13(18)16(5)14-10;/h6,14H,1-5H3;1H4. The second kappa shape index (κ2) is 5.43. The molecule has 1 N–H and O–H groups in total. The van der Waals surface area contributed by atoms with Crippen LogP contribution in [0.3, 0.4) is 0 Å². The van der Waals surface area contributed by atoms with Gasteiger partial charge in [0, 0.05) is 19.7 Å². The minimum Gasteiger partial charge on any atom is -0.334 e. The number of aryl methyl sites for hydroxylation is 3. The third-order valence-corrected chi connectivity index (χ3v) is 4.48. The van der Waals surface area contributed by atoms with Crippen molar-refractivity contribution in [2.24, 2.45) is 14.1 Å². The van der Waals surface area contributed by atoms with Gasteiger partial charge in [0.1, 0.15) is 9.28 Å². The molecule has 104 valence electrons. The molecule has 0 aliphatic carbocycles. The van der Waals surface area contributed by atoms with Crippen LogP contribution in [0.25, 0.3) is 11.4 Å². The van der Waals surface area contributed by atoms with Crippen LogP contribution in [-0.4, -0.2) is 14.3 Å². The van der Waals surface area contributed by atoms with Gasteiger partial charge in [-0.3, -0.25) is 9.78 Å². The Kier molecular flexibility index (Phi) is 4.53. The van der Waals surface area contributed by atoms with Gasteiger partial charge in [-0.1, -0.05) is 37.9 Å². The second-order valence-corrected chi connectivity index (χ2v) is 5.47. The Balaban J connectivity index is 0.00000180. The van der Waals surface area contributed by atoms with Crippen LogP contribution in [0.5, 0.6) is 0 Å². The minimum atomic E-state index is 0. The lowest BCUT2D eigenvalue weighted by Gasteiger charge is -2.13. The third-order valence-electron chi connectivity index (χ3n) is 3.30. The zero-order valence-corrected chi connectivity index (χ0v) is 12.9. The second-order valence-electron chi connectivity index (χ2n) is 4.70. The van der Waals surface area contributed by atoms with Gasteiger partial charge in [0.05, 0.1) is 11.4 Å². The number of nitrogens with one attached hydrogen (secondary N) is 1. The molecule has 0 saturated heterocycles. The van der Waals surface area contributed by atoms with Crippen LogP contribution in [-0.2, 0) is 14.1 Å². The van der Waals surface area contributed by atoms with E-state index >= 15 is 0 Å². The highest BCUT2D eigenvalue weighted by atomic mass is 32.1. The van der Waals surface area contributed by atoms with Crippen molar-refractivity contribution in [3.63, 3.8) is 0 Å². The molecule has 19 heavy (non-hydrogen) atoms. The molecule has 0 amide bonds. The average Bonchev–Trinajstić information content (AvgIpc) is 2.55. The SMILES string of the molecule is C.Cc1cc(C)c(=S)n(C)c1-c1[nH]n(C)c(=S)c1C. The van der Waals surface area contributed by atoms with Crippen molar-refractivity contribution in [1.29, 1.82) is 0 Å². The first-order valence-electron chi connectivity index (χ1n) is 5.77. The van der Waals surface area contributed by atoms with E-state index in [2.05, 4.69) is 18.1 Å². The monoisotopic (exact) mass is 295 g/mol. The lowest BCUT2D eigenvalue weighted by atomic mass is 10.1. The van der Waals surface area contributed by atoms with Crippen molar-refractivity contribution in [3.8, 4) is 11.4 Å². The van der Waals surface area contributed by atoms with Crippen LogP contribution in [0.2, 0.25) is 0 Å². The maximum absolute atomic E-state index is 5.44. The van der Waals surface area contributed by atoms with Crippen LogP contribution in [0.4, 0.5) is 0 Å². The molecule has 2 aromatic heterocycles. The number of aromatic amines is 1. The predicted molar refractivity (Wildman–Crippen MR) is 86.8 cm³/mol. The molecule has 0 saturated carbocycles. The molecule has 3 nitrogen and oxygen atoms in total. The quantitative estimate of drug-likeness (QED) is 0.790. The molecule has 5 heteroatoms. The number of hydrogen-bond acceptors (Lipinski definition) is 2. The first kappa shape index (κ1) is 15.9. The van der Waals surface area contributed by atoms with Gasteiger partial charge in [0.2, 0.25) is 0 Å². The molecule has 0 aliphatic heterocycles. The summed E-state index contributed by atoms with van der Waals surface area (Å²) >= 11 is 10.8. The van der Waals surface area contributed by atoms with E-state index in [4.69, 9.17) is 24.4 Å². The average molecular weight is 295 g/mol. The Morgan fingerprint density at radius 3 is 2.05 bits per heavy atom. The summed E-state index contributed by atoms with van der Waals surface area (Å²) in [6, 6.07) is 2.13. The smallest absolute Gasteiger partial charge is 0.125 e. The van der Waals surface area contributed by atoms with Crippen LogP contribution in [0.15, 0.2) is 6.07 Å². The van der Waals surface area contributed by atoms with E-state index in [9.17, 15) is 0 Å². The third kappa shape index (κ3) is 2.44. The van der Waals surface area contributed by atoms with Crippen LogP contribution in [0.1, 0.15) is 24.1 Å². The molecule has 0 bridgehead atoms. The van der Waals surface area contributed by atoms with Gasteiger partial charge >= 0.3 is 0 Å². The largest absolute Gasteiger partial charge is 0.334 e. The molecule has 0 spiro atoms. The van der Waals surface area contributed by atoms with E-state index in [0.29, 0.717) is 0 Å². The molecule has 0 aromatic carbocycles. The van der Waals surface area contributed by atoms with Gasteiger partial charge in [-0.25, -0.2) is 0 Å². The zero-order valence-electron chi connectivity index (χ0n) is 11.3. The highest BCUT2D eigenvalue weighted by molar-refractivity contribution is 7.71. The molecular formula is C14H21N3S2. The van der Waals surface area contributed by atoms with Gasteiger partial charge in [-0.05, 0) is 31.9 Å². The van der Waals surface area contributed by atoms with Crippen LogP contribution >= 0.6 is 24.4 Å². The van der Waals surface area contributed by atoms with Crippen molar-refractivity contribution >= 4 is 24.4 Å². The summed E-state index contributed by atoms with van der Waals surface area (Å²) in [4.78, 5) is 0. The van der Waals surface area contributed by atoms with Gasteiger partial charge in [-0.2, -0.15) is 0 Å². The highest BCUT2D eigenvalue weighted by Crippen LogP contribution is 2.26. The summed E-state index contributed by atoms with van der Waals surface area (Å²) in [5.41, 5.74) is 5.57. The first-order chi connectivity index (χ1) is 8.34. The van der Waals surface area contributed by atoms with Crippen LogP contribution < -0.4 is 0 Å². The molecule has 0 aliphatic rings. The topological polar surface area (TPSA) is 25.6 Å². The van der Waals surface area contributed by atoms with Crippen LogP contribution in [0, 0.1) is 30.1 Å². The fraction of sp³-hybridized carbons (Fsp3) is 0.429. The summed E-state index contributed by atoms with van der Waals surface area (Å²) in [6.45, 7) is 6.18. The summed E-state index contributed by atoms with van der Waals surface area (Å²) in [5.74, 6) is 0. The number of hydrogen-bond donors (Lipinski definition) is 1. The molecule has 0 atom stereocenters. The zero-order chi connectivity index (χ0) is 13.6. The van der Waals surface area contributed by atoms with Gasteiger partial charge in [0.15, 0.2) is 0 Å². The molecular weight excluding hydrogens is 274 g/mol. The van der Waals surface area contributed by atoms with E-state index < -0.39 is 0 Å². The number of aromatic nitrogens is 3. The van der Waals surface area contributed by atoms with E-state index in [1.54, 1.807) is 0 Å². The van der Waals surface area contributed by atoms with Crippen molar-refractivity contribution in [3.05, 3.63) is 32.0 Å². The maximum Gasteiger partial charge on any atom is 0.125 e. The Bertz CT molecular complexity index is 732. The summed E-state index contributed by atoms with van der Waals surface area (Å²) in [7, 11) is 3.93. The lowest BCUT2D eigenvalue weighted by molar-refractivity contribution is 0.754. The number of pyridine rings is 1. The van der Waals surface area contributed by atoms with E-state index in [1.807, 2.05) is 37.2 Å². The molecule has 2 rings (SSSR count). The minimum absolute atomic E-state index is 0.